The van der Waals surface area contributed by atoms with E-state index in [1.165, 1.54) is 41.9 Å². The van der Waals surface area contributed by atoms with E-state index in [0.717, 1.165) is 5.33 Å². The van der Waals surface area contributed by atoms with Gasteiger partial charge in [0.05, 0.1) is 0 Å². The molecule has 0 aromatic heterocycles. The molecule has 0 aliphatic heterocycles. The van der Waals surface area contributed by atoms with Crippen molar-refractivity contribution in [3.05, 3.63) is 29.8 Å². The maximum Gasteiger partial charge on any atom is 0.00959 e. The zero-order valence-corrected chi connectivity index (χ0v) is 14.2. The second-order valence-electron chi connectivity index (χ2n) is 5.24. The molecule has 0 saturated carbocycles. The number of alkyl halides is 1. The van der Waals surface area contributed by atoms with Crippen molar-refractivity contribution in [1.29, 1.82) is 0 Å². The van der Waals surface area contributed by atoms with Crippen LogP contribution in [-0.2, 0) is 0 Å². The van der Waals surface area contributed by atoms with E-state index in [0.29, 0.717) is 5.41 Å². The summed E-state index contributed by atoms with van der Waals surface area (Å²) in [7, 11) is 0. The van der Waals surface area contributed by atoms with Crippen LogP contribution in [0.25, 0.3) is 0 Å². The fourth-order valence-corrected chi connectivity index (χ4v) is 4.77. The fraction of sp³-hybridized carbons (Fsp3) is 0.625. The van der Waals surface area contributed by atoms with E-state index < -0.39 is 0 Å². The molecule has 18 heavy (non-hydrogen) atoms. The molecule has 0 bridgehead atoms. The maximum absolute atomic E-state index is 3.75. The Labute approximate surface area is 125 Å². The number of hydrogen-bond donors (Lipinski definition) is 0. The summed E-state index contributed by atoms with van der Waals surface area (Å²) in [4.78, 5) is 1.41. The minimum atomic E-state index is 0.470. The Morgan fingerprint density at radius 1 is 1.17 bits per heavy atom. The molecule has 0 amide bonds. The minimum Gasteiger partial charge on any atom is -0.126 e. The van der Waals surface area contributed by atoms with Crippen LogP contribution in [0, 0.1) is 12.3 Å². The Morgan fingerprint density at radius 2 is 1.83 bits per heavy atom. The molecule has 0 saturated heterocycles. The highest BCUT2D eigenvalue weighted by atomic mass is 79.9. The molecule has 0 nitrogen and oxygen atoms in total. The van der Waals surface area contributed by atoms with Gasteiger partial charge < -0.3 is 0 Å². The smallest absolute Gasteiger partial charge is 0.00959 e. The van der Waals surface area contributed by atoms with Crippen molar-refractivity contribution in [3.63, 3.8) is 0 Å². The first kappa shape index (κ1) is 16.1. The highest BCUT2D eigenvalue weighted by molar-refractivity contribution is 9.09. The SMILES string of the molecule is CCCC(CBr)(CCC)CSc1cccc(C)c1. The summed E-state index contributed by atoms with van der Waals surface area (Å²) in [6.45, 7) is 6.76. The van der Waals surface area contributed by atoms with E-state index in [2.05, 4.69) is 61.0 Å². The van der Waals surface area contributed by atoms with Crippen LogP contribution in [0.15, 0.2) is 29.2 Å². The lowest BCUT2D eigenvalue weighted by atomic mass is 9.83. The van der Waals surface area contributed by atoms with Gasteiger partial charge in [0.2, 0.25) is 0 Å². The summed E-state index contributed by atoms with van der Waals surface area (Å²) in [5, 5.41) is 1.13. The third-order valence-corrected chi connectivity index (χ3v) is 5.91. The van der Waals surface area contributed by atoms with E-state index in [9.17, 15) is 0 Å². The minimum absolute atomic E-state index is 0.470. The second-order valence-corrected chi connectivity index (χ2v) is 6.85. The van der Waals surface area contributed by atoms with E-state index >= 15 is 0 Å². The standard InChI is InChI=1S/C16H25BrS/c1-4-9-16(12-17,10-5-2)13-18-15-8-6-7-14(3)11-15/h6-8,11H,4-5,9-10,12-13H2,1-3H3. The largest absolute Gasteiger partial charge is 0.126 e. The quantitative estimate of drug-likeness (QED) is 0.412. The van der Waals surface area contributed by atoms with Gasteiger partial charge in [-0.3, -0.25) is 0 Å². The van der Waals surface area contributed by atoms with Crippen molar-refractivity contribution in [1.82, 2.24) is 0 Å². The fourth-order valence-electron chi connectivity index (χ4n) is 2.44. The van der Waals surface area contributed by atoms with Gasteiger partial charge in [-0.2, -0.15) is 0 Å². The first-order chi connectivity index (χ1) is 8.65. The highest BCUT2D eigenvalue weighted by Crippen LogP contribution is 2.37. The molecular weight excluding hydrogens is 304 g/mol. The molecule has 0 heterocycles. The lowest BCUT2D eigenvalue weighted by molar-refractivity contribution is 0.320. The number of benzene rings is 1. The van der Waals surface area contributed by atoms with Crippen LogP contribution >= 0.6 is 27.7 Å². The number of aryl methyl sites for hydroxylation is 1. The molecule has 0 unspecified atom stereocenters. The first-order valence-electron chi connectivity index (χ1n) is 6.91. The van der Waals surface area contributed by atoms with Crippen LogP contribution in [0.4, 0.5) is 0 Å². The Hall–Kier alpha value is 0.0500. The van der Waals surface area contributed by atoms with Crippen LogP contribution in [0.5, 0.6) is 0 Å². The van der Waals surface area contributed by atoms with Gasteiger partial charge in [0.15, 0.2) is 0 Å². The van der Waals surface area contributed by atoms with E-state index in [-0.39, 0.29) is 0 Å². The molecule has 1 aromatic carbocycles. The number of halogens is 1. The van der Waals surface area contributed by atoms with Crippen LogP contribution in [-0.4, -0.2) is 11.1 Å². The second kappa shape index (κ2) is 8.27. The highest BCUT2D eigenvalue weighted by Gasteiger charge is 2.27. The zero-order chi connectivity index (χ0) is 13.4. The Balaban J connectivity index is 2.66. The monoisotopic (exact) mass is 328 g/mol. The van der Waals surface area contributed by atoms with E-state index in [1.807, 2.05) is 11.8 Å². The molecule has 0 fully saturated rings. The van der Waals surface area contributed by atoms with Gasteiger partial charge in [-0.05, 0) is 37.3 Å². The average Bonchev–Trinajstić information content (AvgIpc) is 2.37. The molecule has 1 aromatic rings. The van der Waals surface area contributed by atoms with Gasteiger partial charge in [-0.25, -0.2) is 0 Å². The summed E-state index contributed by atoms with van der Waals surface area (Å²) >= 11 is 5.77. The lowest BCUT2D eigenvalue weighted by Gasteiger charge is -2.31. The van der Waals surface area contributed by atoms with Crippen LogP contribution in [0.1, 0.15) is 45.1 Å². The van der Waals surface area contributed by atoms with Gasteiger partial charge in [0, 0.05) is 16.0 Å². The van der Waals surface area contributed by atoms with Gasteiger partial charge >= 0.3 is 0 Å². The molecule has 0 aliphatic carbocycles. The molecule has 1 rings (SSSR count). The summed E-state index contributed by atoms with van der Waals surface area (Å²) in [6, 6.07) is 8.85. The summed E-state index contributed by atoms with van der Waals surface area (Å²) < 4.78 is 0. The van der Waals surface area contributed by atoms with Crippen molar-refractivity contribution >= 4 is 27.7 Å². The van der Waals surface area contributed by atoms with Crippen molar-refractivity contribution in [2.24, 2.45) is 5.41 Å². The summed E-state index contributed by atoms with van der Waals surface area (Å²) in [5.74, 6) is 1.23. The topological polar surface area (TPSA) is 0 Å². The molecule has 0 spiro atoms. The predicted octanol–water partition coefficient (Wildman–Crippen LogP) is 6.07. The zero-order valence-electron chi connectivity index (χ0n) is 11.8. The normalized spacial score (nSPS) is 11.8. The van der Waals surface area contributed by atoms with Crippen molar-refractivity contribution < 1.29 is 0 Å². The molecular formula is C16H25BrS. The molecule has 0 aliphatic rings. The van der Waals surface area contributed by atoms with Gasteiger partial charge in [0.25, 0.3) is 0 Å². The molecule has 102 valence electrons. The summed E-state index contributed by atoms with van der Waals surface area (Å²) in [5.41, 5.74) is 1.83. The Kier molecular flexibility index (Phi) is 7.40. The van der Waals surface area contributed by atoms with Crippen LogP contribution in [0.3, 0.4) is 0 Å². The average molecular weight is 329 g/mol. The van der Waals surface area contributed by atoms with Crippen molar-refractivity contribution in [3.8, 4) is 0 Å². The number of rotatable bonds is 8. The van der Waals surface area contributed by atoms with E-state index in [1.54, 1.807) is 0 Å². The van der Waals surface area contributed by atoms with Crippen LogP contribution in [0.2, 0.25) is 0 Å². The van der Waals surface area contributed by atoms with Gasteiger partial charge in [-0.1, -0.05) is 60.3 Å². The number of thioether (sulfide) groups is 1. The first-order valence-corrected chi connectivity index (χ1v) is 9.02. The molecule has 0 atom stereocenters. The van der Waals surface area contributed by atoms with Crippen LogP contribution < -0.4 is 0 Å². The third-order valence-electron chi connectivity index (χ3n) is 3.38. The summed E-state index contributed by atoms with van der Waals surface area (Å²) in [6.07, 6.45) is 5.20. The molecule has 0 radical (unpaired) electrons. The maximum atomic E-state index is 3.75. The van der Waals surface area contributed by atoms with Crippen molar-refractivity contribution in [2.75, 3.05) is 11.1 Å². The van der Waals surface area contributed by atoms with Crippen molar-refractivity contribution in [2.45, 2.75) is 51.3 Å². The number of hydrogen-bond acceptors (Lipinski definition) is 1. The van der Waals surface area contributed by atoms with Gasteiger partial charge in [-0.15, -0.1) is 11.8 Å². The van der Waals surface area contributed by atoms with E-state index in [4.69, 9.17) is 0 Å². The molecule has 2 heteroatoms. The third kappa shape index (κ3) is 4.97. The Morgan fingerprint density at radius 3 is 2.33 bits per heavy atom. The van der Waals surface area contributed by atoms with Gasteiger partial charge in [0.1, 0.15) is 0 Å². The predicted molar refractivity (Wildman–Crippen MR) is 87.9 cm³/mol. The lowest BCUT2D eigenvalue weighted by Crippen LogP contribution is -2.25. The Bertz CT molecular complexity index is 343. The molecule has 0 N–H and O–H groups in total.